The number of carbonyl (C=O) groups is 1. The smallest absolute Gasteiger partial charge is 0.233 e. The number of hydrogen-bond donors (Lipinski definition) is 1. The number of pyridine rings is 1. The molecule has 0 aliphatic heterocycles. The fraction of sp³-hybridized carbons (Fsp3) is 0.308. The normalized spacial score (nSPS) is 12.1. The highest BCUT2D eigenvalue weighted by Crippen LogP contribution is 2.20. The Bertz CT molecular complexity index is 541. The summed E-state index contributed by atoms with van der Waals surface area (Å²) in [7, 11) is 1.91. The predicted octanol–water partition coefficient (Wildman–Crippen LogP) is 1.61. The van der Waals surface area contributed by atoms with Gasteiger partial charge in [-0.3, -0.25) is 9.78 Å². The molecule has 0 radical (unpaired) electrons. The number of aryl methyl sites for hydroxylation is 1. The second kappa shape index (κ2) is 6.38. The topological polar surface area (TPSA) is 59.8 Å². The molecule has 6 heteroatoms. The van der Waals surface area contributed by atoms with Crippen LogP contribution in [0.25, 0.3) is 0 Å². The van der Waals surface area contributed by atoms with E-state index in [0.717, 1.165) is 10.7 Å². The zero-order valence-corrected chi connectivity index (χ0v) is 11.7. The molecule has 19 heavy (non-hydrogen) atoms. The van der Waals surface area contributed by atoms with Gasteiger partial charge in [-0.1, -0.05) is 11.8 Å². The van der Waals surface area contributed by atoms with Crippen molar-refractivity contribution in [3.05, 3.63) is 42.5 Å². The third-order valence-corrected chi connectivity index (χ3v) is 3.82. The molecule has 0 saturated carbocycles. The molecule has 1 amide bonds. The zero-order chi connectivity index (χ0) is 13.7. The zero-order valence-electron chi connectivity index (χ0n) is 10.9. The summed E-state index contributed by atoms with van der Waals surface area (Å²) in [5, 5.41) is 3.57. The van der Waals surface area contributed by atoms with E-state index >= 15 is 0 Å². The highest BCUT2D eigenvalue weighted by molar-refractivity contribution is 8.00. The van der Waals surface area contributed by atoms with E-state index < -0.39 is 0 Å². The molecule has 1 atom stereocenters. The van der Waals surface area contributed by atoms with Crippen LogP contribution >= 0.6 is 11.8 Å². The summed E-state index contributed by atoms with van der Waals surface area (Å²) in [6, 6.07) is 3.77. The van der Waals surface area contributed by atoms with E-state index in [0.29, 0.717) is 6.54 Å². The maximum Gasteiger partial charge on any atom is 0.233 e. The molecule has 0 fully saturated rings. The second-order valence-electron chi connectivity index (χ2n) is 4.15. The summed E-state index contributed by atoms with van der Waals surface area (Å²) in [5.74, 6) is 0.00446. The first kappa shape index (κ1) is 13.6. The third-order valence-electron chi connectivity index (χ3n) is 2.64. The van der Waals surface area contributed by atoms with E-state index in [1.54, 1.807) is 18.6 Å². The minimum absolute atomic E-state index is 0.00446. The lowest BCUT2D eigenvalue weighted by Crippen LogP contribution is -2.30. The van der Waals surface area contributed by atoms with Crippen LogP contribution < -0.4 is 5.32 Å². The molecule has 0 aliphatic rings. The molecular formula is C13H16N4OS. The van der Waals surface area contributed by atoms with Crippen LogP contribution in [0.15, 0.2) is 42.1 Å². The molecule has 2 rings (SSSR count). The quantitative estimate of drug-likeness (QED) is 0.843. The van der Waals surface area contributed by atoms with E-state index in [-0.39, 0.29) is 11.2 Å². The van der Waals surface area contributed by atoms with Gasteiger partial charge < -0.3 is 9.88 Å². The first-order valence-corrected chi connectivity index (χ1v) is 6.85. The summed E-state index contributed by atoms with van der Waals surface area (Å²) in [6.45, 7) is 2.40. The van der Waals surface area contributed by atoms with E-state index in [4.69, 9.17) is 0 Å². The van der Waals surface area contributed by atoms with Crippen LogP contribution in [0.1, 0.15) is 12.5 Å². The number of nitrogens with one attached hydrogen (secondary N) is 1. The Labute approximate surface area is 116 Å². The fourth-order valence-corrected chi connectivity index (χ4v) is 2.37. The number of rotatable bonds is 5. The van der Waals surface area contributed by atoms with Gasteiger partial charge in [0.25, 0.3) is 0 Å². The maximum atomic E-state index is 12.0. The van der Waals surface area contributed by atoms with E-state index in [1.807, 2.05) is 36.9 Å². The molecule has 2 aromatic heterocycles. The molecule has 2 aromatic rings. The Morgan fingerprint density at radius 2 is 2.16 bits per heavy atom. The average molecular weight is 276 g/mol. The molecule has 0 saturated heterocycles. The van der Waals surface area contributed by atoms with Gasteiger partial charge in [0.1, 0.15) is 0 Å². The maximum absolute atomic E-state index is 12.0. The second-order valence-corrected chi connectivity index (χ2v) is 5.46. The van der Waals surface area contributed by atoms with Gasteiger partial charge in [0.15, 0.2) is 5.16 Å². The van der Waals surface area contributed by atoms with Gasteiger partial charge in [-0.25, -0.2) is 4.98 Å². The molecule has 1 unspecified atom stereocenters. The summed E-state index contributed by atoms with van der Waals surface area (Å²) in [4.78, 5) is 20.1. The van der Waals surface area contributed by atoms with Crippen LogP contribution in [-0.2, 0) is 18.4 Å². The lowest BCUT2D eigenvalue weighted by molar-refractivity contribution is -0.120. The van der Waals surface area contributed by atoms with Crippen LogP contribution in [-0.4, -0.2) is 25.7 Å². The lowest BCUT2D eigenvalue weighted by atomic mass is 10.2. The van der Waals surface area contributed by atoms with Gasteiger partial charge >= 0.3 is 0 Å². The molecule has 1 N–H and O–H groups in total. The minimum Gasteiger partial charge on any atom is -0.351 e. The van der Waals surface area contributed by atoms with Crippen molar-refractivity contribution in [1.29, 1.82) is 0 Å². The predicted molar refractivity (Wildman–Crippen MR) is 74.6 cm³/mol. The number of thioether (sulfide) groups is 1. The van der Waals surface area contributed by atoms with Crippen LogP contribution in [0.2, 0.25) is 0 Å². The number of nitrogens with zero attached hydrogens (tertiary/aromatic N) is 3. The van der Waals surface area contributed by atoms with Gasteiger partial charge in [0.05, 0.1) is 5.25 Å². The Hall–Kier alpha value is -1.82. The van der Waals surface area contributed by atoms with Crippen molar-refractivity contribution in [2.24, 2.45) is 7.05 Å². The van der Waals surface area contributed by atoms with Crippen molar-refractivity contribution in [3.63, 3.8) is 0 Å². The number of hydrogen-bond acceptors (Lipinski definition) is 4. The minimum atomic E-state index is -0.178. The van der Waals surface area contributed by atoms with E-state index in [1.165, 1.54) is 11.8 Å². The Balaban J connectivity index is 1.84. The van der Waals surface area contributed by atoms with Gasteiger partial charge in [-0.05, 0) is 24.6 Å². The highest BCUT2D eigenvalue weighted by atomic mass is 32.2. The molecule has 2 heterocycles. The molecule has 0 spiro atoms. The van der Waals surface area contributed by atoms with Crippen molar-refractivity contribution >= 4 is 17.7 Å². The van der Waals surface area contributed by atoms with Gasteiger partial charge in [-0.15, -0.1) is 0 Å². The lowest BCUT2D eigenvalue weighted by Gasteiger charge is -2.11. The number of aromatic nitrogens is 3. The molecule has 0 aliphatic carbocycles. The van der Waals surface area contributed by atoms with Crippen LogP contribution in [0.3, 0.4) is 0 Å². The van der Waals surface area contributed by atoms with Crippen molar-refractivity contribution < 1.29 is 4.79 Å². The highest BCUT2D eigenvalue weighted by Gasteiger charge is 2.16. The fourth-order valence-electron chi connectivity index (χ4n) is 1.51. The molecule has 0 bridgehead atoms. The van der Waals surface area contributed by atoms with Gasteiger partial charge in [-0.2, -0.15) is 0 Å². The van der Waals surface area contributed by atoms with Crippen LogP contribution in [0, 0.1) is 0 Å². The molecule has 0 aromatic carbocycles. The Morgan fingerprint density at radius 1 is 1.42 bits per heavy atom. The summed E-state index contributed by atoms with van der Waals surface area (Å²) in [5.41, 5.74) is 1.04. The summed E-state index contributed by atoms with van der Waals surface area (Å²) in [6.07, 6.45) is 7.02. The Morgan fingerprint density at radius 3 is 2.79 bits per heavy atom. The third kappa shape index (κ3) is 3.82. The summed E-state index contributed by atoms with van der Waals surface area (Å²) < 4.78 is 1.90. The van der Waals surface area contributed by atoms with Crippen molar-refractivity contribution in [2.45, 2.75) is 23.9 Å². The first-order valence-electron chi connectivity index (χ1n) is 5.97. The van der Waals surface area contributed by atoms with Crippen molar-refractivity contribution in [3.8, 4) is 0 Å². The van der Waals surface area contributed by atoms with Crippen LogP contribution in [0.5, 0.6) is 0 Å². The molecular weight excluding hydrogens is 260 g/mol. The summed E-state index contributed by atoms with van der Waals surface area (Å²) >= 11 is 1.45. The number of imidazole rings is 1. The van der Waals surface area contributed by atoms with E-state index in [9.17, 15) is 4.79 Å². The van der Waals surface area contributed by atoms with Gasteiger partial charge in [0, 0.05) is 38.4 Å². The van der Waals surface area contributed by atoms with Gasteiger partial charge in [0.2, 0.25) is 5.91 Å². The molecule has 100 valence electrons. The van der Waals surface area contributed by atoms with Crippen molar-refractivity contribution in [2.75, 3.05) is 0 Å². The number of amides is 1. The standard InChI is InChI=1S/C13H16N4OS/c1-10(19-13-15-7-8-17(13)2)12(18)16-9-11-3-5-14-6-4-11/h3-8,10H,9H2,1-2H3,(H,16,18). The SMILES string of the molecule is CC(Sc1nccn1C)C(=O)NCc1ccncc1. The molecule has 5 nitrogen and oxygen atoms in total. The van der Waals surface area contributed by atoms with E-state index in [2.05, 4.69) is 15.3 Å². The van der Waals surface area contributed by atoms with Crippen LogP contribution in [0.4, 0.5) is 0 Å². The first-order chi connectivity index (χ1) is 9.16. The number of carbonyl (C=O) groups excluding carboxylic acids is 1. The van der Waals surface area contributed by atoms with Crippen molar-refractivity contribution in [1.82, 2.24) is 19.9 Å². The average Bonchev–Trinajstić information content (AvgIpc) is 2.82. The Kier molecular flexibility index (Phi) is 4.57. The largest absolute Gasteiger partial charge is 0.351 e. The monoisotopic (exact) mass is 276 g/mol.